The summed E-state index contributed by atoms with van der Waals surface area (Å²) in [5.41, 5.74) is 1.16. The summed E-state index contributed by atoms with van der Waals surface area (Å²) < 4.78 is 0. The molecule has 1 aromatic rings. The fourth-order valence-corrected chi connectivity index (χ4v) is 3.31. The average molecular weight is 280 g/mol. The number of hydrogen-bond donors (Lipinski definition) is 2. The summed E-state index contributed by atoms with van der Waals surface area (Å²) in [6.07, 6.45) is 3.61. The van der Waals surface area contributed by atoms with Crippen LogP contribution in [-0.2, 0) is 11.2 Å². The highest BCUT2D eigenvalue weighted by Gasteiger charge is 2.23. The van der Waals surface area contributed by atoms with E-state index in [9.17, 15) is 9.59 Å². The minimum Gasteiger partial charge on any atom is -0.354 e. The van der Waals surface area contributed by atoms with Crippen LogP contribution in [0.2, 0.25) is 0 Å². The molecule has 1 aromatic heterocycles. The van der Waals surface area contributed by atoms with E-state index >= 15 is 0 Å². The van der Waals surface area contributed by atoms with Crippen molar-refractivity contribution < 1.29 is 9.59 Å². The second kappa shape index (κ2) is 6.19. The van der Waals surface area contributed by atoms with Crippen LogP contribution in [-0.4, -0.2) is 24.4 Å². The zero-order valence-electron chi connectivity index (χ0n) is 11.4. The maximum Gasteiger partial charge on any atom is 0.262 e. The summed E-state index contributed by atoms with van der Waals surface area (Å²) in [6, 6.07) is 1.52. The summed E-state index contributed by atoms with van der Waals surface area (Å²) in [4.78, 5) is 25.9. The Labute approximate surface area is 117 Å². The van der Waals surface area contributed by atoms with Crippen LogP contribution >= 0.6 is 11.3 Å². The Hall–Kier alpha value is -1.36. The minimum absolute atomic E-state index is 0.0603. The predicted octanol–water partition coefficient (Wildman–Crippen LogP) is 2.02. The molecule has 1 fully saturated rings. The van der Waals surface area contributed by atoms with Gasteiger partial charge in [-0.05, 0) is 44.2 Å². The number of carbonyl (C=O) groups excluding carboxylic acids is 2. The van der Waals surface area contributed by atoms with Gasteiger partial charge in [-0.1, -0.05) is 6.92 Å². The Balaban J connectivity index is 2.04. The topological polar surface area (TPSA) is 58.2 Å². The van der Waals surface area contributed by atoms with Gasteiger partial charge in [-0.15, -0.1) is 11.3 Å². The first-order valence-corrected chi connectivity index (χ1v) is 7.61. The van der Waals surface area contributed by atoms with Crippen molar-refractivity contribution in [1.29, 1.82) is 0 Å². The van der Waals surface area contributed by atoms with Crippen LogP contribution in [0.15, 0.2) is 6.07 Å². The van der Waals surface area contributed by atoms with Crippen molar-refractivity contribution >= 4 is 23.2 Å². The fraction of sp³-hybridized carbons (Fsp3) is 0.571. The Bertz CT molecular complexity index is 482. The van der Waals surface area contributed by atoms with Crippen LogP contribution in [0.25, 0.3) is 0 Å². The third-order valence-electron chi connectivity index (χ3n) is 3.41. The van der Waals surface area contributed by atoms with Crippen molar-refractivity contribution in [2.75, 3.05) is 6.54 Å². The molecule has 0 saturated carbocycles. The highest BCUT2D eigenvalue weighted by Crippen LogP contribution is 2.22. The van der Waals surface area contributed by atoms with Gasteiger partial charge in [0.1, 0.15) is 6.04 Å². The molecule has 104 valence electrons. The summed E-state index contributed by atoms with van der Waals surface area (Å²) in [7, 11) is 0. The van der Waals surface area contributed by atoms with Gasteiger partial charge in [0.15, 0.2) is 0 Å². The van der Waals surface area contributed by atoms with Gasteiger partial charge in [0.05, 0.1) is 4.88 Å². The molecule has 0 spiro atoms. The number of hydrogen-bond acceptors (Lipinski definition) is 3. The second-order valence-electron chi connectivity index (χ2n) is 4.88. The van der Waals surface area contributed by atoms with Crippen LogP contribution < -0.4 is 10.6 Å². The molecule has 0 aromatic carbocycles. The molecule has 4 nitrogen and oxygen atoms in total. The highest BCUT2D eigenvalue weighted by atomic mass is 32.1. The van der Waals surface area contributed by atoms with Crippen LogP contribution in [0.5, 0.6) is 0 Å². The van der Waals surface area contributed by atoms with E-state index in [1.165, 1.54) is 16.2 Å². The maximum absolute atomic E-state index is 12.2. The number of aryl methyl sites for hydroxylation is 2. The van der Waals surface area contributed by atoms with E-state index in [0.29, 0.717) is 11.4 Å². The number of thiophene rings is 1. The monoisotopic (exact) mass is 280 g/mol. The zero-order chi connectivity index (χ0) is 13.8. The van der Waals surface area contributed by atoms with Gasteiger partial charge in [0.2, 0.25) is 5.91 Å². The molecule has 0 unspecified atom stereocenters. The molecule has 2 amide bonds. The first-order valence-electron chi connectivity index (χ1n) is 6.79. The van der Waals surface area contributed by atoms with E-state index in [4.69, 9.17) is 0 Å². The summed E-state index contributed by atoms with van der Waals surface area (Å²) in [6.45, 7) is 4.81. The predicted molar refractivity (Wildman–Crippen MR) is 76.5 cm³/mol. The van der Waals surface area contributed by atoms with Gasteiger partial charge < -0.3 is 10.6 Å². The molecular formula is C14H20N2O2S. The van der Waals surface area contributed by atoms with E-state index in [1.807, 2.05) is 13.0 Å². The molecule has 2 heterocycles. The van der Waals surface area contributed by atoms with Crippen molar-refractivity contribution in [3.8, 4) is 0 Å². The molecule has 0 bridgehead atoms. The van der Waals surface area contributed by atoms with Gasteiger partial charge in [0.25, 0.3) is 5.91 Å². The third kappa shape index (κ3) is 3.35. The molecule has 0 aliphatic carbocycles. The summed E-state index contributed by atoms with van der Waals surface area (Å²) >= 11 is 1.52. The molecule has 0 radical (unpaired) electrons. The number of nitrogens with one attached hydrogen (secondary N) is 2. The van der Waals surface area contributed by atoms with Crippen molar-refractivity contribution in [2.45, 2.75) is 45.6 Å². The lowest BCUT2D eigenvalue weighted by Gasteiger charge is -2.14. The number of amides is 2. The van der Waals surface area contributed by atoms with Gasteiger partial charge in [-0.2, -0.15) is 0 Å². The lowest BCUT2D eigenvalue weighted by atomic mass is 10.1. The minimum atomic E-state index is -0.387. The third-order valence-corrected chi connectivity index (χ3v) is 4.79. The Morgan fingerprint density at radius 1 is 1.53 bits per heavy atom. The first kappa shape index (κ1) is 14.1. The summed E-state index contributed by atoms with van der Waals surface area (Å²) in [5, 5.41) is 5.68. The highest BCUT2D eigenvalue weighted by molar-refractivity contribution is 7.14. The molecule has 1 atom stereocenters. The number of carbonyl (C=O) groups is 2. The quantitative estimate of drug-likeness (QED) is 0.890. The second-order valence-corrected chi connectivity index (χ2v) is 6.02. The Kier molecular flexibility index (Phi) is 4.58. The smallest absolute Gasteiger partial charge is 0.262 e. The van der Waals surface area contributed by atoms with E-state index in [2.05, 4.69) is 17.6 Å². The van der Waals surface area contributed by atoms with Crippen molar-refractivity contribution in [3.63, 3.8) is 0 Å². The van der Waals surface area contributed by atoms with E-state index in [-0.39, 0.29) is 17.9 Å². The van der Waals surface area contributed by atoms with Crippen molar-refractivity contribution in [2.24, 2.45) is 0 Å². The zero-order valence-corrected chi connectivity index (χ0v) is 12.2. The lowest BCUT2D eigenvalue weighted by molar-refractivity contribution is -0.122. The molecule has 1 aliphatic rings. The van der Waals surface area contributed by atoms with Crippen LogP contribution in [0.1, 0.15) is 46.3 Å². The van der Waals surface area contributed by atoms with Gasteiger partial charge >= 0.3 is 0 Å². The summed E-state index contributed by atoms with van der Waals surface area (Å²) in [5.74, 6) is -0.190. The maximum atomic E-state index is 12.2. The lowest BCUT2D eigenvalue weighted by Crippen LogP contribution is -2.45. The van der Waals surface area contributed by atoms with Crippen molar-refractivity contribution in [1.82, 2.24) is 10.6 Å². The molecule has 2 rings (SSSR count). The standard InChI is InChI=1S/C14H20N2O2S/c1-3-11-9(2)8-12(19-11)14(18)16-10-6-4-5-7-15-13(10)17/h8,10H,3-7H2,1-2H3,(H,15,17)(H,16,18)/t10-/m0/s1. The average Bonchev–Trinajstić information content (AvgIpc) is 2.66. The van der Waals surface area contributed by atoms with E-state index in [0.717, 1.165) is 31.2 Å². The van der Waals surface area contributed by atoms with E-state index < -0.39 is 0 Å². The van der Waals surface area contributed by atoms with Crippen LogP contribution in [0.3, 0.4) is 0 Å². The molecule has 5 heteroatoms. The van der Waals surface area contributed by atoms with Crippen LogP contribution in [0, 0.1) is 6.92 Å². The Morgan fingerprint density at radius 2 is 2.32 bits per heavy atom. The first-order chi connectivity index (χ1) is 9.11. The molecule has 2 N–H and O–H groups in total. The van der Waals surface area contributed by atoms with E-state index in [1.54, 1.807) is 0 Å². The van der Waals surface area contributed by atoms with Gasteiger partial charge in [-0.25, -0.2) is 0 Å². The van der Waals surface area contributed by atoms with Gasteiger partial charge in [-0.3, -0.25) is 9.59 Å². The normalized spacial score (nSPS) is 19.7. The molecular weight excluding hydrogens is 260 g/mol. The SMILES string of the molecule is CCc1sc(C(=O)N[C@H]2CCCCNC2=O)cc1C. The fourth-order valence-electron chi connectivity index (χ4n) is 2.29. The van der Waals surface area contributed by atoms with Gasteiger partial charge in [0, 0.05) is 11.4 Å². The molecule has 19 heavy (non-hydrogen) atoms. The number of rotatable bonds is 3. The molecule has 1 aliphatic heterocycles. The molecule has 1 saturated heterocycles. The largest absolute Gasteiger partial charge is 0.354 e. The van der Waals surface area contributed by atoms with Crippen molar-refractivity contribution in [3.05, 3.63) is 21.4 Å². The Morgan fingerprint density at radius 3 is 3.00 bits per heavy atom. The van der Waals surface area contributed by atoms with Crippen LogP contribution in [0.4, 0.5) is 0 Å².